The highest BCUT2D eigenvalue weighted by atomic mass is 16.1. The lowest BCUT2D eigenvalue weighted by atomic mass is 9.95. The second kappa shape index (κ2) is 5.71. The number of hydrogen-bond donors (Lipinski definition) is 2. The van der Waals surface area contributed by atoms with Gasteiger partial charge in [-0.25, -0.2) is 0 Å². The van der Waals surface area contributed by atoms with Crippen LogP contribution in [0.2, 0.25) is 0 Å². The number of carbonyl (C=O) groups is 1. The molecule has 1 amide bonds. The van der Waals surface area contributed by atoms with Gasteiger partial charge in [0, 0.05) is 40.6 Å². The highest BCUT2D eigenvalue weighted by Gasteiger charge is 2.19. The van der Waals surface area contributed by atoms with Crippen molar-refractivity contribution in [3.05, 3.63) is 59.3 Å². The number of nitrogen functional groups attached to an aromatic ring is 1. The highest BCUT2D eigenvalue weighted by Crippen LogP contribution is 2.32. The Labute approximate surface area is 141 Å². The van der Waals surface area contributed by atoms with Crippen molar-refractivity contribution in [3.63, 3.8) is 0 Å². The van der Waals surface area contributed by atoms with Crippen LogP contribution in [0, 0.1) is 0 Å². The molecule has 0 saturated heterocycles. The second-order valence-electron chi connectivity index (χ2n) is 6.50. The van der Waals surface area contributed by atoms with Gasteiger partial charge in [-0.2, -0.15) is 0 Å². The molecular formula is C20H21N3O. The molecule has 0 saturated carbocycles. The Kier molecular flexibility index (Phi) is 3.53. The molecule has 0 fully saturated rings. The molecule has 122 valence electrons. The fourth-order valence-corrected chi connectivity index (χ4v) is 3.73. The van der Waals surface area contributed by atoms with E-state index >= 15 is 0 Å². The molecule has 4 rings (SSSR count). The maximum absolute atomic E-state index is 12.6. The zero-order chi connectivity index (χ0) is 16.7. The molecule has 4 heteroatoms. The number of nitrogens with two attached hydrogens (primary N) is 1. The summed E-state index contributed by atoms with van der Waals surface area (Å²) in [4.78, 5) is 12.6. The molecule has 0 bridgehead atoms. The first-order chi connectivity index (χ1) is 11.6. The summed E-state index contributed by atoms with van der Waals surface area (Å²) in [7, 11) is 2.12. The number of fused-ring (bicyclic) bond motifs is 3. The number of hydrogen-bond acceptors (Lipinski definition) is 2. The van der Waals surface area contributed by atoms with E-state index < -0.39 is 0 Å². The average molecular weight is 319 g/mol. The molecule has 1 aliphatic rings. The molecule has 3 N–H and O–H groups in total. The minimum Gasteiger partial charge on any atom is -0.399 e. The first-order valence-electron chi connectivity index (χ1n) is 8.40. The van der Waals surface area contributed by atoms with Crippen molar-refractivity contribution in [2.45, 2.75) is 25.7 Å². The van der Waals surface area contributed by atoms with Crippen LogP contribution in [0.25, 0.3) is 10.9 Å². The fourth-order valence-electron chi connectivity index (χ4n) is 3.73. The molecule has 0 aliphatic heterocycles. The molecule has 4 nitrogen and oxygen atoms in total. The quantitative estimate of drug-likeness (QED) is 0.704. The minimum absolute atomic E-state index is 0.101. The largest absolute Gasteiger partial charge is 0.399 e. The van der Waals surface area contributed by atoms with E-state index in [1.807, 2.05) is 24.3 Å². The molecule has 2 aromatic carbocycles. The third-order valence-corrected chi connectivity index (χ3v) is 4.93. The number of aromatic nitrogens is 1. The van der Waals surface area contributed by atoms with Gasteiger partial charge in [0.1, 0.15) is 0 Å². The topological polar surface area (TPSA) is 60.0 Å². The normalized spacial score (nSPS) is 13.7. The van der Waals surface area contributed by atoms with E-state index in [-0.39, 0.29) is 5.91 Å². The molecule has 1 aliphatic carbocycles. The molecular weight excluding hydrogens is 298 g/mol. The lowest BCUT2D eigenvalue weighted by Crippen LogP contribution is -2.12. The van der Waals surface area contributed by atoms with Gasteiger partial charge in [-0.1, -0.05) is 6.07 Å². The van der Waals surface area contributed by atoms with Crippen LogP contribution in [0.3, 0.4) is 0 Å². The van der Waals surface area contributed by atoms with Gasteiger partial charge in [0.15, 0.2) is 0 Å². The number of amides is 1. The number of nitrogens with zero attached hydrogens (tertiary/aromatic N) is 1. The lowest BCUT2D eigenvalue weighted by molar-refractivity contribution is 0.102. The summed E-state index contributed by atoms with van der Waals surface area (Å²) >= 11 is 0. The average Bonchev–Trinajstić information content (AvgIpc) is 2.88. The van der Waals surface area contributed by atoms with Crippen LogP contribution >= 0.6 is 0 Å². The Morgan fingerprint density at radius 3 is 2.79 bits per heavy atom. The van der Waals surface area contributed by atoms with Gasteiger partial charge in [0.25, 0.3) is 5.91 Å². The van der Waals surface area contributed by atoms with E-state index in [9.17, 15) is 4.79 Å². The van der Waals surface area contributed by atoms with Crippen LogP contribution in [0.15, 0.2) is 42.5 Å². The van der Waals surface area contributed by atoms with Crippen LogP contribution < -0.4 is 11.1 Å². The number of benzene rings is 2. The smallest absolute Gasteiger partial charge is 0.255 e. The molecule has 0 radical (unpaired) electrons. The zero-order valence-corrected chi connectivity index (χ0v) is 13.8. The predicted molar refractivity (Wildman–Crippen MR) is 98.4 cm³/mol. The molecule has 3 aromatic rings. The summed E-state index contributed by atoms with van der Waals surface area (Å²) < 4.78 is 2.28. The first kappa shape index (κ1) is 14.8. The van der Waals surface area contributed by atoms with Crippen LogP contribution in [-0.4, -0.2) is 10.5 Å². The highest BCUT2D eigenvalue weighted by molar-refractivity contribution is 6.06. The van der Waals surface area contributed by atoms with Crippen molar-refractivity contribution < 1.29 is 4.79 Å². The Bertz CT molecular complexity index is 939. The van der Waals surface area contributed by atoms with Crippen LogP contribution in [-0.2, 0) is 19.9 Å². The monoisotopic (exact) mass is 319 g/mol. The van der Waals surface area contributed by atoms with Crippen molar-refractivity contribution in [1.82, 2.24) is 4.57 Å². The molecule has 0 spiro atoms. The summed E-state index contributed by atoms with van der Waals surface area (Å²) in [6, 6.07) is 13.2. The van der Waals surface area contributed by atoms with Crippen molar-refractivity contribution in [2.75, 3.05) is 11.1 Å². The minimum atomic E-state index is -0.101. The Morgan fingerprint density at radius 1 is 1.12 bits per heavy atom. The Hall–Kier alpha value is -2.75. The maximum atomic E-state index is 12.6. The number of anilines is 2. The van der Waals surface area contributed by atoms with E-state index in [4.69, 9.17) is 5.73 Å². The molecule has 0 unspecified atom stereocenters. The van der Waals surface area contributed by atoms with Crippen LogP contribution in [0.5, 0.6) is 0 Å². The van der Waals surface area contributed by atoms with Gasteiger partial charge in [-0.05, 0) is 67.6 Å². The number of nitrogens with one attached hydrogen (secondary N) is 1. The summed E-state index contributed by atoms with van der Waals surface area (Å²) in [5.74, 6) is -0.101. The molecule has 1 aromatic heterocycles. The van der Waals surface area contributed by atoms with E-state index in [0.29, 0.717) is 11.3 Å². The van der Waals surface area contributed by atoms with Crippen molar-refractivity contribution in [1.29, 1.82) is 0 Å². The van der Waals surface area contributed by atoms with E-state index in [1.165, 1.54) is 35.0 Å². The van der Waals surface area contributed by atoms with Gasteiger partial charge >= 0.3 is 0 Å². The predicted octanol–water partition coefficient (Wildman–Crippen LogP) is 3.89. The standard InChI is InChI=1S/C20H21N3O/c1-23-18-8-3-2-7-16(18)17-11-13(9-10-19(17)23)20(24)22-15-6-4-5-14(21)12-15/h4-6,9-12H,2-3,7-8,21H2,1H3,(H,22,24). The third-order valence-electron chi connectivity index (χ3n) is 4.93. The zero-order valence-electron chi connectivity index (χ0n) is 13.8. The van der Waals surface area contributed by atoms with Gasteiger partial charge in [-0.15, -0.1) is 0 Å². The lowest BCUT2D eigenvalue weighted by Gasteiger charge is -2.13. The van der Waals surface area contributed by atoms with Gasteiger partial charge < -0.3 is 15.6 Å². The van der Waals surface area contributed by atoms with Gasteiger partial charge in [0.2, 0.25) is 0 Å². The first-order valence-corrected chi connectivity index (χ1v) is 8.40. The van der Waals surface area contributed by atoms with Crippen LogP contribution in [0.4, 0.5) is 11.4 Å². The number of rotatable bonds is 2. The molecule has 0 atom stereocenters. The summed E-state index contributed by atoms with van der Waals surface area (Å²) in [6.07, 6.45) is 4.71. The van der Waals surface area contributed by atoms with Gasteiger partial charge in [-0.3, -0.25) is 4.79 Å². The van der Waals surface area contributed by atoms with Gasteiger partial charge in [0.05, 0.1) is 0 Å². The number of carbonyl (C=O) groups excluding carboxylic acids is 1. The summed E-state index contributed by atoms with van der Waals surface area (Å²) in [5, 5.41) is 4.14. The number of aryl methyl sites for hydroxylation is 2. The van der Waals surface area contributed by atoms with Crippen molar-refractivity contribution in [3.8, 4) is 0 Å². The molecule has 24 heavy (non-hydrogen) atoms. The van der Waals surface area contributed by atoms with E-state index in [1.54, 1.807) is 12.1 Å². The van der Waals surface area contributed by atoms with Crippen molar-refractivity contribution in [2.24, 2.45) is 7.05 Å². The van der Waals surface area contributed by atoms with E-state index in [0.717, 1.165) is 18.5 Å². The van der Waals surface area contributed by atoms with Crippen molar-refractivity contribution >= 4 is 28.2 Å². The fraction of sp³-hybridized carbons (Fsp3) is 0.250. The Balaban J connectivity index is 1.71. The summed E-state index contributed by atoms with van der Waals surface area (Å²) in [6.45, 7) is 0. The SMILES string of the molecule is Cn1c2c(c3cc(C(=O)Nc4cccc(N)c4)ccc31)CCCC2. The Morgan fingerprint density at radius 2 is 1.96 bits per heavy atom. The maximum Gasteiger partial charge on any atom is 0.255 e. The summed E-state index contributed by atoms with van der Waals surface area (Å²) in [5.41, 5.74) is 11.9. The third kappa shape index (κ3) is 2.44. The second-order valence-corrected chi connectivity index (χ2v) is 6.50. The molecule has 1 heterocycles. The van der Waals surface area contributed by atoms with Crippen LogP contribution in [0.1, 0.15) is 34.5 Å². The van der Waals surface area contributed by atoms with E-state index in [2.05, 4.69) is 23.0 Å².